The summed E-state index contributed by atoms with van der Waals surface area (Å²) >= 11 is 0. The Morgan fingerprint density at radius 2 is 1.77 bits per heavy atom. The summed E-state index contributed by atoms with van der Waals surface area (Å²) in [7, 11) is 0. The standard InChI is InChI=1S/C33H28N4O2/c1-3-8-31-36-32-22(2)17-27(35-33(39)29-12-7-5-10-26(29)21-38)18-30(32)37(31)20-23-13-15-24(16-14-23)28-11-6-4-9-25(28)19-34/h4-7,9-18,21H,3,8,20H2,1-2H3,(H,35,39). The highest BCUT2D eigenvalue weighted by atomic mass is 16.1. The highest BCUT2D eigenvalue weighted by Gasteiger charge is 2.16. The minimum absolute atomic E-state index is 0.329. The number of hydrogen-bond acceptors (Lipinski definition) is 4. The minimum atomic E-state index is -0.329. The van der Waals surface area contributed by atoms with Crippen molar-refractivity contribution in [3.8, 4) is 17.2 Å². The van der Waals surface area contributed by atoms with Crippen LogP contribution in [0.25, 0.3) is 22.2 Å². The first kappa shape index (κ1) is 25.6. The average Bonchev–Trinajstić information content (AvgIpc) is 3.30. The van der Waals surface area contributed by atoms with Crippen LogP contribution in [0.15, 0.2) is 84.9 Å². The summed E-state index contributed by atoms with van der Waals surface area (Å²) in [4.78, 5) is 29.4. The number of fused-ring (bicyclic) bond motifs is 1. The van der Waals surface area contributed by atoms with Gasteiger partial charge in [0.15, 0.2) is 6.29 Å². The van der Waals surface area contributed by atoms with Gasteiger partial charge in [-0.3, -0.25) is 9.59 Å². The van der Waals surface area contributed by atoms with Crippen LogP contribution in [-0.4, -0.2) is 21.7 Å². The van der Waals surface area contributed by atoms with Crippen LogP contribution in [-0.2, 0) is 13.0 Å². The second-order valence-electron chi connectivity index (χ2n) is 9.54. The van der Waals surface area contributed by atoms with Crippen LogP contribution in [0.1, 0.15) is 56.6 Å². The number of rotatable bonds is 8. The van der Waals surface area contributed by atoms with Crippen molar-refractivity contribution in [1.29, 1.82) is 5.26 Å². The Balaban J connectivity index is 1.49. The maximum Gasteiger partial charge on any atom is 0.256 e. The van der Waals surface area contributed by atoms with E-state index in [1.165, 1.54) is 0 Å². The second-order valence-corrected chi connectivity index (χ2v) is 9.54. The van der Waals surface area contributed by atoms with Gasteiger partial charge in [-0.1, -0.05) is 67.6 Å². The van der Waals surface area contributed by atoms with Gasteiger partial charge in [0.2, 0.25) is 0 Å². The van der Waals surface area contributed by atoms with Crippen LogP contribution in [0.2, 0.25) is 0 Å². The fourth-order valence-electron chi connectivity index (χ4n) is 4.91. The smallest absolute Gasteiger partial charge is 0.256 e. The van der Waals surface area contributed by atoms with Gasteiger partial charge in [0.05, 0.1) is 28.2 Å². The highest BCUT2D eigenvalue weighted by molar-refractivity contribution is 6.09. The average molecular weight is 513 g/mol. The van der Waals surface area contributed by atoms with E-state index in [1.54, 1.807) is 24.3 Å². The van der Waals surface area contributed by atoms with Gasteiger partial charge in [-0.15, -0.1) is 0 Å². The van der Waals surface area contributed by atoms with Gasteiger partial charge < -0.3 is 9.88 Å². The van der Waals surface area contributed by atoms with Crippen LogP contribution in [0, 0.1) is 18.3 Å². The molecule has 0 spiro atoms. The minimum Gasteiger partial charge on any atom is -0.323 e. The fraction of sp³-hybridized carbons (Fsp3) is 0.152. The summed E-state index contributed by atoms with van der Waals surface area (Å²) in [6.07, 6.45) is 2.48. The number of aryl methyl sites for hydroxylation is 2. The molecule has 192 valence electrons. The van der Waals surface area contributed by atoms with Crippen molar-refractivity contribution in [3.63, 3.8) is 0 Å². The van der Waals surface area contributed by atoms with Gasteiger partial charge in [-0.25, -0.2) is 4.98 Å². The summed E-state index contributed by atoms with van der Waals surface area (Å²) in [5.41, 5.74) is 7.82. The van der Waals surface area contributed by atoms with Crippen molar-refractivity contribution in [3.05, 3.63) is 119 Å². The lowest BCUT2D eigenvalue weighted by Crippen LogP contribution is -2.14. The predicted molar refractivity (Wildman–Crippen MR) is 154 cm³/mol. The lowest BCUT2D eigenvalue weighted by molar-refractivity contribution is 0.101. The molecular formula is C33H28N4O2. The third-order valence-electron chi connectivity index (χ3n) is 6.84. The maximum absolute atomic E-state index is 13.0. The van der Waals surface area contributed by atoms with Crippen molar-refractivity contribution in [2.45, 2.75) is 33.2 Å². The predicted octanol–water partition coefficient (Wildman–Crippen LogP) is 6.95. The quantitative estimate of drug-likeness (QED) is 0.228. The molecule has 1 aromatic heterocycles. The number of anilines is 1. The summed E-state index contributed by atoms with van der Waals surface area (Å²) in [6, 6.07) is 28.7. The SMILES string of the molecule is CCCc1nc2c(C)cc(NC(=O)c3ccccc3C=O)cc2n1Cc1ccc(-c2ccccc2C#N)cc1. The van der Waals surface area contributed by atoms with E-state index in [0.29, 0.717) is 35.2 Å². The number of imidazole rings is 1. The van der Waals surface area contributed by atoms with Gasteiger partial charge in [0.1, 0.15) is 5.82 Å². The molecule has 1 heterocycles. The van der Waals surface area contributed by atoms with Gasteiger partial charge in [-0.2, -0.15) is 5.26 Å². The molecule has 0 fully saturated rings. The number of benzene rings is 4. The Morgan fingerprint density at radius 3 is 2.51 bits per heavy atom. The Bertz CT molecular complexity index is 1730. The van der Waals surface area contributed by atoms with E-state index < -0.39 is 0 Å². The summed E-state index contributed by atoms with van der Waals surface area (Å²) in [5, 5.41) is 12.4. The third-order valence-corrected chi connectivity index (χ3v) is 6.84. The topological polar surface area (TPSA) is 87.8 Å². The van der Waals surface area contributed by atoms with E-state index in [2.05, 4.69) is 35.0 Å². The van der Waals surface area contributed by atoms with Gasteiger partial charge in [-0.05, 0) is 59.9 Å². The molecule has 0 saturated heterocycles. The number of aromatic nitrogens is 2. The molecule has 4 aromatic carbocycles. The molecule has 0 unspecified atom stereocenters. The molecule has 1 N–H and O–H groups in total. The van der Waals surface area contributed by atoms with E-state index in [-0.39, 0.29) is 5.91 Å². The molecule has 0 aliphatic heterocycles. The lowest BCUT2D eigenvalue weighted by atomic mass is 9.99. The number of aldehydes is 1. The maximum atomic E-state index is 13.0. The summed E-state index contributed by atoms with van der Waals surface area (Å²) in [6.45, 7) is 4.75. The van der Waals surface area contributed by atoms with Crippen LogP contribution in [0.4, 0.5) is 5.69 Å². The van der Waals surface area contributed by atoms with Crippen molar-refractivity contribution in [2.75, 3.05) is 5.32 Å². The van der Waals surface area contributed by atoms with Crippen molar-refractivity contribution in [2.24, 2.45) is 0 Å². The van der Waals surface area contributed by atoms with Gasteiger partial charge in [0, 0.05) is 24.2 Å². The molecule has 0 saturated carbocycles. The molecule has 0 bridgehead atoms. The van der Waals surface area contributed by atoms with E-state index >= 15 is 0 Å². The van der Waals surface area contributed by atoms with Crippen LogP contribution < -0.4 is 5.32 Å². The number of nitriles is 1. The number of hydrogen-bond donors (Lipinski definition) is 1. The normalized spacial score (nSPS) is 10.8. The zero-order valence-electron chi connectivity index (χ0n) is 21.9. The fourth-order valence-corrected chi connectivity index (χ4v) is 4.91. The zero-order valence-corrected chi connectivity index (χ0v) is 21.9. The molecule has 6 nitrogen and oxygen atoms in total. The molecule has 1 amide bonds. The van der Waals surface area contributed by atoms with Crippen LogP contribution >= 0.6 is 0 Å². The largest absolute Gasteiger partial charge is 0.323 e. The molecule has 5 rings (SSSR count). The Labute approximate surface area is 227 Å². The van der Waals surface area contributed by atoms with Crippen LogP contribution in [0.5, 0.6) is 0 Å². The van der Waals surface area contributed by atoms with E-state index in [4.69, 9.17) is 4.98 Å². The summed E-state index contributed by atoms with van der Waals surface area (Å²) < 4.78 is 2.21. The zero-order chi connectivity index (χ0) is 27.4. The highest BCUT2D eigenvalue weighted by Crippen LogP contribution is 2.28. The molecule has 0 aliphatic carbocycles. The molecule has 6 heteroatoms. The first-order chi connectivity index (χ1) is 19.0. The van der Waals surface area contributed by atoms with Crippen molar-refractivity contribution >= 4 is 28.9 Å². The number of carbonyl (C=O) groups excluding carboxylic acids is 2. The van der Waals surface area contributed by atoms with E-state index in [0.717, 1.165) is 52.0 Å². The van der Waals surface area contributed by atoms with E-state index in [1.807, 2.05) is 55.5 Å². The summed E-state index contributed by atoms with van der Waals surface area (Å²) in [5.74, 6) is 0.661. The van der Waals surface area contributed by atoms with Crippen molar-refractivity contribution < 1.29 is 9.59 Å². The first-order valence-corrected chi connectivity index (χ1v) is 13.0. The van der Waals surface area contributed by atoms with Crippen LogP contribution in [0.3, 0.4) is 0 Å². The molecule has 39 heavy (non-hydrogen) atoms. The van der Waals surface area contributed by atoms with Crippen molar-refractivity contribution in [1.82, 2.24) is 9.55 Å². The molecular weight excluding hydrogens is 484 g/mol. The van der Waals surface area contributed by atoms with Gasteiger partial charge in [0.25, 0.3) is 5.91 Å². The Morgan fingerprint density at radius 1 is 1.03 bits per heavy atom. The monoisotopic (exact) mass is 512 g/mol. The molecule has 0 aliphatic rings. The first-order valence-electron chi connectivity index (χ1n) is 13.0. The number of carbonyl (C=O) groups is 2. The second kappa shape index (κ2) is 11.2. The third kappa shape index (κ3) is 5.21. The number of amides is 1. The Hall–Kier alpha value is -5.02. The van der Waals surface area contributed by atoms with Gasteiger partial charge >= 0.3 is 0 Å². The number of nitrogens with one attached hydrogen (secondary N) is 1. The molecule has 0 atom stereocenters. The number of nitrogens with zero attached hydrogens (tertiary/aromatic N) is 3. The van der Waals surface area contributed by atoms with E-state index in [9.17, 15) is 14.9 Å². The Kier molecular flexibility index (Phi) is 7.33. The molecule has 0 radical (unpaired) electrons. The molecule has 5 aromatic rings. The lowest BCUT2D eigenvalue weighted by Gasteiger charge is -2.12.